The highest BCUT2D eigenvalue weighted by molar-refractivity contribution is 7.89. The van der Waals surface area contributed by atoms with Gasteiger partial charge in [0.2, 0.25) is 10.0 Å². The van der Waals surface area contributed by atoms with Crippen molar-refractivity contribution in [1.29, 1.82) is 0 Å². The molecule has 1 aliphatic heterocycles. The number of hydrogen-bond donors (Lipinski definition) is 0. The summed E-state index contributed by atoms with van der Waals surface area (Å²) in [6.07, 6.45) is 0. The second-order valence-electron chi connectivity index (χ2n) is 6.77. The van der Waals surface area contributed by atoms with Gasteiger partial charge in [-0.05, 0) is 37.6 Å². The van der Waals surface area contributed by atoms with Crippen LogP contribution in [0.3, 0.4) is 0 Å². The highest BCUT2D eigenvalue weighted by atomic mass is 35.5. The molecule has 0 aromatic heterocycles. The van der Waals surface area contributed by atoms with Crippen molar-refractivity contribution in [3.63, 3.8) is 0 Å². The van der Waals surface area contributed by atoms with E-state index in [9.17, 15) is 13.2 Å². The van der Waals surface area contributed by atoms with Gasteiger partial charge in [0.15, 0.2) is 6.61 Å². The van der Waals surface area contributed by atoms with Crippen LogP contribution in [0.5, 0.6) is 5.75 Å². The molecule has 1 fully saturated rings. The first-order chi connectivity index (χ1) is 13.3. The number of carbonyl (C=O) groups excluding carboxylic acids is 1. The summed E-state index contributed by atoms with van der Waals surface area (Å²) in [5.74, 6) is 0.522. The first-order valence-electron chi connectivity index (χ1n) is 9.01. The number of sulfonamides is 1. The van der Waals surface area contributed by atoms with Gasteiger partial charge in [0.05, 0.1) is 5.02 Å². The third kappa shape index (κ3) is 4.48. The summed E-state index contributed by atoms with van der Waals surface area (Å²) in [5, 5.41) is 0.197. The van der Waals surface area contributed by atoms with Gasteiger partial charge < -0.3 is 9.64 Å². The van der Waals surface area contributed by atoms with Crippen LogP contribution in [0.4, 0.5) is 0 Å². The zero-order valence-electron chi connectivity index (χ0n) is 15.9. The van der Waals surface area contributed by atoms with E-state index < -0.39 is 10.0 Å². The maximum absolute atomic E-state index is 12.8. The number of ether oxygens (including phenoxy) is 1. The highest BCUT2D eigenvalue weighted by Crippen LogP contribution is 2.25. The Morgan fingerprint density at radius 1 is 1.07 bits per heavy atom. The van der Waals surface area contributed by atoms with Crippen molar-refractivity contribution < 1.29 is 17.9 Å². The number of benzene rings is 2. The molecule has 150 valence electrons. The fraction of sp³-hybridized carbons (Fsp3) is 0.350. The van der Waals surface area contributed by atoms with Crippen LogP contribution in [-0.2, 0) is 14.8 Å². The van der Waals surface area contributed by atoms with E-state index in [1.165, 1.54) is 10.4 Å². The lowest BCUT2D eigenvalue weighted by Crippen LogP contribution is -2.51. The van der Waals surface area contributed by atoms with Gasteiger partial charge in [0.1, 0.15) is 10.6 Å². The van der Waals surface area contributed by atoms with Crippen molar-refractivity contribution in [2.75, 3.05) is 32.8 Å². The summed E-state index contributed by atoms with van der Waals surface area (Å²) in [6, 6.07) is 12.2. The Labute approximate surface area is 170 Å². The molecule has 1 saturated heterocycles. The van der Waals surface area contributed by atoms with E-state index in [4.69, 9.17) is 16.3 Å². The molecule has 0 unspecified atom stereocenters. The van der Waals surface area contributed by atoms with Crippen LogP contribution in [0.1, 0.15) is 11.1 Å². The van der Waals surface area contributed by atoms with Crippen LogP contribution in [0.25, 0.3) is 0 Å². The van der Waals surface area contributed by atoms with Crippen LogP contribution in [0.2, 0.25) is 5.02 Å². The summed E-state index contributed by atoms with van der Waals surface area (Å²) in [7, 11) is -3.67. The van der Waals surface area contributed by atoms with Crippen molar-refractivity contribution in [3.05, 3.63) is 58.6 Å². The highest BCUT2D eigenvalue weighted by Gasteiger charge is 2.31. The fourth-order valence-corrected chi connectivity index (χ4v) is 5.08. The van der Waals surface area contributed by atoms with Crippen LogP contribution in [0, 0.1) is 13.8 Å². The fourth-order valence-electron chi connectivity index (χ4n) is 3.16. The zero-order valence-corrected chi connectivity index (χ0v) is 17.5. The molecule has 2 aromatic rings. The van der Waals surface area contributed by atoms with E-state index in [-0.39, 0.29) is 35.5 Å². The lowest BCUT2D eigenvalue weighted by Gasteiger charge is -2.34. The normalized spacial score (nSPS) is 15.5. The Morgan fingerprint density at radius 3 is 2.39 bits per heavy atom. The minimum Gasteiger partial charge on any atom is -0.484 e. The third-order valence-electron chi connectivity index (χ3n) is 4.73. The van der Waals surface area contributed by atoms with Gasteiger partial charge in [-0.15, -0.1) is 0 Å². The van der Waals surface area contributed by atoms with E-state index in [1.54, 1.807) is 23.1 Å². The summed E-state index contributed by atoms with van der Waals surface area (Å²) < 4.78 is 32.6. The predicted octanol–water partition coefficient (Wildman–Crippen LogP) is 2.87. The Bertz CT molecular complexity index is 970. The molecule has 6 nitrogen and oxygen atoms in total. The first-order valence-corrected chi connectivity index (χ1v) is 10.8. The molecule has 2 aromatic carbocycles. The number of carbonyl (C=O) groups is 1. The quantitative estimate of drug-likeness (QED) is 0.743. The lowest BCUT2D eigenvalue weighted by molar-refractivity contribution is -0.134. The van der Waals surface area contributed by atoms with Gasteiger partial charge in [-0.2, -0.15) is 4.31 Å². The van der Waals surface area contributed by atoms with Gasteiger partial charge in [-0.1, -0.05) is 41.4 Å². The molecule has 0 radical (unpaired) electrons. The van der Waals surface area contributed by atoms with Crippen LogP contribution < -0.4 is 4.74 Å². The molecule has 0 N–H and O–H groups in total. The second-order valence-corrected chi connectivity index (χ2v) is 9.09. The van der Waals surface area contributed by atoms with Crippen molar-refractivity contribution in [3.8, 4) is 5.75 Å². The number of piperazine rings is 1. The van der Waals surface area contributed by atoms with Gasteiger partial charge >= 0.3 is 0 Å². The second kappa shape index (κ2) is 8.51. The Kier molecular flexibility index (Phi) is 6.27. The van der Waals surface area contributed by atoms with Crippen LogP contribution >= 0.6 is 11.6 Å². The maximum atomic E-state index is 12.8. The molecule has 28 heavy (non-hydrogen) atoms. The average molecular weight is 423 g/mol. The van der Waals surface area contributed by atoms with Gasteiger partial charge in [0, 0.05) is 26.2 Å². The minimum atomic E-state index is -3.67. The van der Waals surface area contributed by atoms with Gasteiger partial charge in [-0.25, -0.2) is 8.42 Å². The summed E-state index contributed by atoms with van der Waals surface area (Å²) in [4.78, 5) is 14.2. The molecular formula is C20H23ClN2O4S. The van der Waals surface area contributed by atoms with E-state index in [2.05, 4.69) is 0 Å². The summed E-state index contributed by atoms with van der Waals surface area (Å²) in [6.45, 7) is 4.95. The number of amides is 1. The van der Waals surface area contributed by atoms with Crippen molar-refractivity contribution in [1.82, 2.24) is 9.21 Å². The predicted molar refractivity (Wildman–Crippen MR) is 108 cm³/mol. The van der Waals surface area contributed by atoms with E-state index >= 15 is 0 Å². The largest absolute Gasteiger partial charge is 0.484 e. The van der Waals surface area contributed by atoms with Crippen molar-refractivity contribution >= 4 is 27.5 Å². The monoisotopic (exact) mass is 422 g/mol. The molecular weight excluding hydrogens is 400 g/mol. The Balaban J connectivity index is 1.57. The van der Waals surface area contributed by atoms with Crippen molar-refractivity contribution in [2.24, 2.45) is 0 Å². The number of nitrogens with zero attached hydrogens (tertiary/aromatic N) is 2. The molecule has 3 rings (SSSR count). The SMILES string of the molecule is Cc1ccc(OCC(=O)N2CCN(S(=O)(=O)c3ccccc3Cl)CC2)c(C)c1. The lowest BCUT2D eigenvalue weighted by atomic mass is 10.1. The van der Waals surface area contributed by atoms with E-state index in [1.807, 2.05) is 32.0 Å². The maximum Gasteiger partial charge on any atom is 0.260 e. The third-order valence-corrected chi connectivity index (χ3v) is 7.13. The standard InChI is InChI=1S/C20H23ClN2O4S/c1-15-7-8-18(16(2)13-15)27-14-20(24)22-9-11-23(12-10-22)28(25,26)19-6-4-3-5-17(19)21/h3-8,13H,9-12,14H2,1-2H3. The molecule has 0 saturated carbocycles. The molecule has 0 bridgehead atoms. The molecule has 0 spiro atoms. The number of hydrogen-bond acceptors (Lipinski definition) is 4. The van der Waals surface area contributed by atoms with E-state index in [0.29, 0.717) is 18.8 Å². The molecule has 1 amide bonds. The van der Waals surface area contributed by atoms with E-state index in [0.717, 1.165) is 11.1 Å². The number of halogens is 1. The first kappa shape index (κ1) is 20.6. The molecule has 0 aliphatic carbocycles. The van der Waals surface area contributed by atoms with Crippen LogP contribution in [-0.4, -0.2) is 56.3 Å². The Hall–Kier alpha value is -2.09. The topological polar surface area (TPSA) is 66.9 Å². The molecule has 1 aliphatic rings. The van der Waals surface area contributed by atoms with Crippen molar-refractivity contribution in [2.45, 2.75) is 18.7 Å². The molecule has 0 atom stereocenters. The van der Waals surface area contributed by atoms with Gasteiger partial charge in [-0.3, -0.25) is 4.79 Å². The smallest absolute Gasteiger partial charge is 0.260 e. The summed E-state index contributed by atoms with van der Waals surface area (Å²) >= 11 is 6.04. The van der Waals surface area contributed by atoms with Crippen LogP contribution in [0.15, 0.2) is 47.4 Å². The Morgan fingerprint density at radius 2 is 1.75 bits per heavy atom. The molecule has 1 heterocycles. The number of rotatable bonds is 5. The minimum absolute atomic E-state index is 0.0683. The molecule has 8 heteroatoms. The summed E-state index contributed by atoms with van der Waals surface area (Å²) in [5.41, 5.74) is 2.11. The number of aryl methyl sites for hydroxylation is 2. The average Bonchev–Trinajstić information content (AvgIpc) is 2.67. The van der Waals surface area contributed by atoms with Gasteiger partial charge in [0.25, 0.3) is 5.91 Å². The zero-order chi connectivity index (χ0) is 20.3.